The van der Waals surface area contributed by atoms with E-state index in [2.05, 4.69) is 22.4 Å². The Kier molecular flexibility index (Phi) is 6.89. The maximum absolute atomic E-state index is 4.36. The van der Waals surface area contributed by atoms with Crippen molar-refractivity contribution in [1.82, 2.24) is 10.3 Å². The molecule has 1 fully saturated rings. The highest BCUT2D eigenvalue weighted by Crippen LogP contribution is 2.20. The molecule has 14 heavy (non-hydrogen) atoms. The van der Waals surface area contributed by atoms with E-state index < -0.39 is 0 Å². The predicted molar refractivity (Wildman–Crippen MR) is 63.6 cm³/mol. The van der Waals surface area contributed by atoms with E-state index in [0.29, 0.717) is 5.92 Å². The first-order chi connectivity index (χ1) is 5.97. The van der Waals surface area contributed by atoms with Gasteiger partial charge in [0.05, 0.1) is 0 Å². The molecule has 2 heterocycles. The molecule has 1 atom stereocenters. The third-order valence-corrected chi connectivity index (χ3v) is 2.40. The van der Waals surface area contributed by atoms with Crippen LogP contribution >= 0.6 is 24.8 Å². The summed E-state index contributed by atoms with van der Waals surface area (Å²) in [4.78, 5) is 4.36. The third kappa shape index (κ3) is 3.45. The highest BCUT2D eigenvalue weighted by Gasteiger charge is 2.14. The van der Waals surface area contributed by atoms with Crippen LogP contribution in [0.2, 0.25) is 0 Å². The summed E-state index contributed by atoms with van der Waals surface area (Å²) in [5.41, 5.74) is 1.24. The Labute approximate surface area is 97.3 Å². The summed E-state index contributed by atoms with van der Waals surface area (Å²) in [6, 6.07) is 6.16. The first-order valence-electron chi connectivity index (χ1n) is 4.58. The highest BCUT2D eigenvalue weighted by molar-refractivity contribution is 5.85. The Morgan fingerprint density at radius 1 is 1.29 bits per heavy atom. The minimum Gasteiger partial charge on any atom is -0.316 e. The minimum atomic E-state index is 0. The molecule has 80 valence electrons. The Balaban J connectivity index is 0.000000845. The molecule has 0 spiro atoms. The van der Waals surface area contributed by atoms with Crippen molar-refractivity contribution in [2.45, 2.75) is 18.8 Å². The van der Waals surface area contributed by atoms with Gasteiger partial charge in [0.1, 0.15) is 0 Å². The SMILES string of the molecule is Cl.Cl.c1ccc([C@@H]2CCCNC2)nc1. The van der Waals surface area contributed by atoms with Crippen LogP contribution < -0.4 is 5.32 Å². The molecule has 1 saturated heterocycles. The molecule has 0 saturated carbocycles. The first-order valence-corrected chi connectivity index (χ1v) is 4.58. The fraction of sp³-hybridized carbons (Fsp3) is 0.500. The van der Waals surface area contributed by atoms with E-state index >= 15 is 0 Å². The molecule has 0 unspecified atom stereocenters. The fourth-order valence-corrected chi connectivity index (χ4v) is 1.72. The summed E-state index contributed by atoms with van der Waals surface area (Å²) < 4.78 is 0. The number of hydrogen-bond acceptors (Lipinski definition) is 2. The number of aromatic nitrogens is 1. The van der Waals surface area contributed by atoms with Crippen molar-refractivity contribution in [3.05, 3.63) is 30.1 Å². The van der Waals surface area contributed by atoms with Crippen molar-refractivity contribution in [2.75, 3.05) is 13.1 Å². The van der Waals surface area contributed by atoms with Gasteiger partial charge in [0.15, 0.2) is 0 Å². The average Bonchev–Trinajstić information content (AvgIpc) is 2.21. The molecule has 1 N–H and O–H groups in total. The number of rotatable bonds is 1. The number of pyridine rings is 1. The summed E-state index contributed by atoms with van der Waals surface area (Å²) in [6.45, 7) is 2.26. The average molecular weight is 235 g/mol. The van der Waals surface area contributed by atoms with Gasteiger partial charge < -0.3 is 5.32 Å². The molecule has 0 radical (unpaired) electrons. The second kappa shape index (κ2) is 7.04. The lowest BCUT2D eigenvalue weighted by Gasteiger charge is -2.21. The van der Waals surface area contributed by atoms with Crippen LogP contribution in [0, 0.1) is 0 Å². The third-order valence-electron chi connectivity index (χ3n) is 2.40. The second-order valence-electron chi connectivity index (χ2n) is 3.30. The van der Waals surface area contributed by atoms with Crippen LogP contribution in [0.3, 0.4) is 0 Å². The Morgan fingerprint density at radius 2 is 2.14 bits per heavy atom. The quantitative estimate of drug-likeness (QED) is 0.808. The van der Waals surface area contributed by atoms with Crippen LogP contribution in [0.25, 0.3) is 0 Å². The van der Waals surface area contributed by atoms with Crippen LogP contribution in [0.1, 0.15) is 24.5 Å². The lowest BCUT2D eigenvalue weighted by molar-refractivity contribution is 0.455. The summed E-state index contributed by atoms with van der Waals surface area (Å²) >= 11 is 0. The zero-order chi connectivity index (χ0) is 8.23. The number of hydrogen-bond donors (Lipinski definition) is 1. The van der Waals surface area contributed by atoms with Crippen molar-refractivity contribution in [3.8, 4) is 0 Å². The van der Waals surface area contributed by atoms with Gasteiger partial charge >= 0.3 is 0 Å². The minimum absolute atomic E-state index is 0. The number of piperidine rings is 1. The molecule has 2 nitrogen and oxygen atoms in total. The van der Waals surface area contributed by atoms with E-state index in [1.165, 1.54) is 25.1 Å². The predicted octanol–water partition coefficient (Wildman–Crippen LogP) is 2.39. The normalized spacial score (nSPS) is 20.4. The highest BCUT2D eigenvalue weighted by atomic mass is 35.5. The Bertz CT molecular complexity index is 235. The maximum atomic E-state index is 4.36. The first kappa shape index (κ1) is 13.7. The molecule has 1 aromatic rings. The lowest BCUT2D eigenvalue weighted by Crippen LogP contribution is -2.28. The second-order valence-corrected chi connectivity index (χ2v) is 3.30. The van der Waals surface area contributed by atoms with Crippen molar-refractivity contribution in [1.29, 1.82) is 0 Å². The van der Waals surface area contributed by atoms with Crippen molar-refractivity contribution in [3.63, 3.8) is 0 Å². The molecule has 1 aromatic heterocycles. The molecule has 1 aliphatic heterocycles. The molecule has 0 bridgehead atoms. The molecule has 0 aliphatic carbocycles. The molecule has 2 rings (SSSR count). The van der Waals surface area contributed by atoms with Gasteiger partial charge in [-0.05, 0) is 31.5 Å². The van der Waals surface area contributed by atoms with E-state index in [9.17, 15) is 0 Å². The van der Waals surface area contributed by atoms with Gasteiger partial charge in [0.25, 0.3) is 0 Å². The molecule has 0 aromatic carbocycles. The number of nitrogens with one attached hydrogen (secondary N) is 1. The van der Waals surface area contributed by atoms with Gasteiger partial charge in [-0.1, -0.05) is 6.07 Å². The van der Waals surface area contributed by atoms with Gasteiger partial charge in [-0.25, -0.2) is 0 Å². The van der Waals surface area contributed by atoms with Crippen LogP contribution in [0.15, 0.2) is 24.4 Å². The smallest absolute Gasteiger partial charge is 0.0447 e. The fourth-order valence-electron chi connectivity index (χ4n) is 1.72. The van der Waals surface area contributed by atoms with E-state index in [1.807, 2.05) is 12.3 Å². The van der Waals surface area contributed by atoms with E-state index in [-0.39, 0.29) is 24.8 Å². The largest absolute Gasteiger partial charge is 0.316 e. The van der Waals surface area contributed by atoms with Gasteiger partial charge in [-0.15, -0.1) is 24.8 Å². The topological polar surface area (TPSA) is 24.9 Å². The zero-order valence-corrected chi connectivity index (χ0v) is 9.61. The monoisotopic (exact) mass is 234 g/mol. The molecule has 1 aliphatic rings. The van der Waals surface area contributed by atoms with E-state index in [0.717, 1.165) is 6.54 Å². The number of halogens is 2. The van der Waals surface area contributed by atoms with Crippen molar-refractivity contribution in [2.24, 2.45) is 0 Å². The molecular formula is C10H16Cl2N2. The maximum Gasteiger partial charge on any atom is 0.0447 e. The van der Waals surface area contributed by atoms with Gasteiger partial charge in [0, 0.05) is 24.4 Å². The van der Waals surface area contributed by atoms with Gasteiger partial charge in [0.2, 0.25) is 0 Å². The lowest BCUT2D eigenvalue weighted by atomic mass is 9.96. The summed E-state index contributed by atoms with van der Waals surface area (Å²) in [7, 11) is 0. The summed E-state index contributed by atoms with van der Waals surface area (Å²) in [5, 5.41) is 3.39. The van der Waals surface area contributed by atoms with Crippen LogP contribution in [0.5, 0.6) is 0 Å². The summed E-state index contributed by atoms with van der Waals surface area (Å²) in [5.74, 6) is 0.639. The Hall–Kier alpha value is -0.310. The van der Waals surface area contributed by atoms with Crippen molar-refractivity contribution < 1.29 is 0 Å². The summed E-state index contributed by atoms with van der Waals surface area (Å²) in [6.07, 6.45) is 4.44. The van der Waals surface area contributed by atoms with Gasteiger partial charge in [-0.2, -0.15) is 0 Å². The zero-order valence-electron chi connectivity index (χ0n) is 7.98. The molecular weight excluding hydrogens is 219 g/mol. The van der Waals surface area contributed by atoms with Crippen LogP contribution in [-0.4, -0.2) is 18.1 Å². The number of nitrogens with zero attached hydrogens (tertiary/aromatic N) is 1. The van der Waals surface area contributed by atoms with Crippen LogP contribution in [0.4, 0.5) is 0 Å². The Morgan fingerprint density at radius 3 is 2.71 bits per heavy atom. The molecule has 4 heteroatoms. The van der Waals surface area contributed by atoms with Crippen molar-refractivity contribution >= 4 is 24.8 Å². The van der Waals surface area contributed by atoms with E-state index in [4.69, 9.17) is 0 Å². The van der Waals surface area contributed by atoms with E-state index in [1.54, 1.807) is 0 Å². The molecule has 0 amide bonds. The van der Waals surface area contributed by atoms with Gasteiger partial charge in [-0.3, -0.25) is 4.98 Å². The standard InChI is InChI=1S/C10H14N2.2ClH/c1-2-7-12-10(5-1)9-4-3-6-11-8-9;;/h1-2,5,7,9,11H,3-4,6,8H2;2*1H/t9-;;/m1../s1. The van der Waals surface area contributed by atoms with Crippen LogP contribution in [-0.2, 0) is 0 Å².